The maximum Gasteiger partial charge on any atom is 0.275 e. The molecule has 33 heavy (non-hydrogen) atoms. The molecule has 0 aliphatic heterocycles. The summed E-state index contributed by atoms with van der Waals surface area (Å²) in [7, 11) is 0. The second-order valence-corrected chi connectivity index (χ2v) is 8.83. The van der Waals surface area contributed by atoms with Crippen LogP contribution in [0.25, 0.3) is 22.0 Å². The van der Waals surface area contributed by atoms with Crippen LogP contribution in [-0.4, -0.2) is 15.7 Å². The van der Waals surface area contributed by atoms with Crippen molar-refractivity contribution in [2.45, 2.75) is 32.7 Å². The van der Waals surface area contributed by atoms with Crippen LogP contribution in [0, 0.1) is 11.6 Å². The van der Waals surface area contributed by atoms with Gasteiger partial charge in [0.25, 0.3) is 5.56 Å². The van der Waals surface area contributed by atoms with Crippen LogP contribution in [0.1, 0.15) is 26.3 Å². The van der Waals surface area contributed by atoms with E-state index in [-0.39, 0.29) is 17.7 Å². The van der Waals surface area contributed by atoms with E-state index in [1.54, 1.807) is 24.3 Å². The number of halogens is 2. The first kappa shape index (κ1) is 22.3. The van der Waals surface area contributed by atoms with Gasteiger partial charge in [0, 0.05) is 16.6 Å². The fourth-order valence-electron chi connectivity index (χ4n) is 3.77. The zero-order valence-corrected chi connectivity index (χ0v) is 18.5. The highest BCUT2D eigenvalue weighted by atomic mass is 19.2. The molecule has 5 nitrogen and oxygen atoms in total. The summed E-state index contributed by atoms with van der Waals surface area (Å²) in [5.41, 5.74) is 1.56. The zero-order valence-electron chi connectivity index (χ0n) is 18.5. The number of amides is 1. The van der Waals surface area contributed by atoms with E-state index in [0.29, 0.717) is 22.0 Å². The molecule has 0 radical (unpaired) electrons. The standard InChI is InChI=1S/C26H23F2N3O2/c1-26(2,3)19-10-6-7-11-22(19)29-23(32)15-31-25(33)18-9-5-4-8-17(18)24(30-31)16-12-13-20(27)21(28)14-16/h4-14H,15H2,1-3H3,(H,29,32). The number of fused-ring (bicyclic) bond motifs is 1. The predicted octanol–water partition coefficient (Wildman–Crippen LogP) is 5.28. The normalized spacial score (nSPS) is 11.5. The fraction of sp³-hybridized carbons (Fsp3) is 0.192. The van der Waals surface area contributed by atoms with Gasteiger partial charge in [-0.15, -0.1) is 0 Å². The molecule has 0 spiro atoms. The highest BCUT2D eigenvalue weighted by Crippen LogP contribution is 2.29. The number of nitrogens with zero attached hydrogens (tertiary/aromatic N) is 2. The SMILES string of the molecule is CC(C)(C)c1ccccc1NC(=O)Cn1nc(-c2ccc(F)c(F)c2)c2ccccc2c1=O. The Kier molecular flexibility index (Phi) is 5.80. The third-order valence-corrected chi connectivity index (χ3v) is 5.36. The third kappa shape index (κ3) is 4.53. The highest BCUT2D eigenvalue weighted by molar-refractivity contribution is 5.95. The van der Waals surface area contributed by atoms with Crippen LogP contribution in [0.3, 0.4) is 0 Å². The van der Waals surface area contributed by atoms with E-state index in [1.807, 2.05) is 45.0 Å². The van der Waals surface area contributed by atoms with Crippen LogP contribution >= 0.6 is 0 Å². The lowest BCUT2D eigenvalue weighted by molar-refractivity contribution is -0.117. The Balaban J connectivity index is 1.75. The first-order valence-corrected chi connectivity index (χ1v) is 10.5. The van der Waals surface area contributed by atoms with Gasteiger partial charge >= 0.3 is 0 Å². The maximum atomic E-state index is 13.9. The Morgan fingerprint density at radius 2 is 1.61 bits per heavy atom. The van der Waals surface area contributed by atoms with E-state index in [2.05, 4.69) is 10.4 Å². The largest absolute Gasteiger partial charge is 0.324 e. The lowest BCUT2D eigenvalue weighted by Gasteiger charge is -2.23. The molecule has 1 aromatic heterocycles. The molecule has 7 heteroatoms. The van der Waals surface area contributed by atoms with Gasteiger partial charge in [-0.25, -0.2) is 13.5 Å². The summed E-state index contributed by atoms with van der Waals surface area (Å²) in [6, 6.07) is 17.6. The van der Waals surface area contributed by atoms with Gasteiger partial charge < -0.3 is 5.32 Å². The molecular weight excluding hydrogens is 424 g/mol. The van der Waals surface area contributed by atoms with Gasteiger partial charge in [-0.2, -0.15) is 5.10 Å². The molecule has 0 aliphatic carbocycles. The second kappa shape index (κ2) is 8.58. The monoisotopic (exact) mass is 447 g/mol. The Bertz CT molecular complexity index is 1420. The van der Waals surface area contributed by atoms with Crippen molar-refractivity contribution in [3.8, 4) is 11.3 Å². The molecule has 0 unspecified atom stereocenters. The van der Waals surface area contributed by atoms with Gasteiger partial charge in [0.05, 0.1) is 11.1 Å². The van der Waals surface area contributed by atoms with Crippen molar-refractivity contribution in [1.82, 2.24) is 9.78 Å². The van der Waals surface area contributed by atoms with Crippen LogP contribution in [0.4, 0.5) is 14.5 Å². The quantitative estimate of drug-likeness (QED) is 0.463. The summed E-state index contributed by atoms with van der Waals surface area (Å²) in [6.07, 6.45) is 0. The lowest BCUT2D eigenvalue weighted by atomic mass is 9.86. The number of anilines is 1. The topological polar surface area (TPSA) is 64.0 Å². The third-order valence-electron chi connectivity index (χ3n) is 5.36. The summed E-state index contributed by atoms with van der Waals surface area (Å²) < 4.78 is 28.4. The number of carbonyl (C=O) groups is 1. The maximum absolute atomic E-state index is 13.9. The summed E-state index contributed by atoms with van der Waals surface area (Å²) in [4.78, 5) is 25.9. The fourth-order valence-corrected chi connectivity index (χ4v) is 3.77. The molecule has 4 rings (SSSR count). The minimum Gasteiger partial charge on any atom is -0.324 e. The van der Waals surface area contributed by atoms with Crippen molar-refractivity contribution in [1.29, 1.82) is 0 Å². The number of hydrogen-bond acceptors (Lipinski definition) is 3. The molecule has 0 saturated heterocycles. The predicted molar refractivity (Wildman–Crippen MR) is 125 cm³/mol. The van der Waals surface area contributed by atoms with E-state index in [9.17, 15) is 18.4 Å². The average Bonchev–Trinajstić information content (AvgIpc) is 2.77. The number of aromatic nitrogens is 2. The lowest BCUT2D eigenvalue weighted by Crippen LogP contribution is -2.30. The van der Waals surface area contributed by atoms with Crippen molar-refractivity contribution >= 4 is 22.4 Å². The van der Waals surface area contributed by atoms with Crippen LogP contribution < -0.4 is 10.9 Å². The molecule has 0 bridgehead atoms. The van der Waals surface area contributed by atoms with Crippen LogP contribution in [0.15, 0.2) is 71.5 Å². The molecule has 0 aliphatic rings. The van der Waals surface area contributed by atoms with E-state index in [1.165, 1.54) is 6.07 Å². The molecule has 1 N–H and O–H groups in total. The van der Waals surface area contributed by atoms with Crippen molar-refractivity contribution in [2.24, 2.45) is 0 Å². The van der Waals surface area contributed by atoms with E-state index in [0.717, 1.165) is 22.4 Å². The van der Waals surface area contributed by atoms with Crippen LogP contribution in [0.2, 0.25) is 0 Å². The Morgan fingerprint density at radius 1 is 0.939 bits per heavy atom. The number of hydrogen-bond donors (Lipinski definition) is 1. The summed E-state index contributed by atoms with van der Waals surface area (Å²) >= 11 is 0. The van der Waals surface area contributed by atoms with E-state index >= 15 is 0 Å². The first-order chi connectivity index (χ1) is 15.6. The molecule has 3 aromatic carbocycles. The number of carbonyl (C=O) groups excluding carboxylic acids is 1. The van der Waals surface area contributed by atoms with Crippen molar-refractivity contribution in [2.75, 3.05) is 5.32 Å². The van der Waals surface area contributed by atoms with Gasteiger partial charge in [0.15, 0.2) is 11.6 Å². The Labute approximate surface area is 189 Å². The number of benzene rings is 3. The number of nitrogens with one attached hydrogen (secondary N) is 1. The molecule has 168 valence electrons. The van der Waals surface area contributed by atoms with Gasteiger partial charge in [-0.3, -0.25) is 9.59 Å². The number of rotatable bonds is 4. The average molecular weight is 447 g/mol. The van der Waals surface area contributed by atoms with Crippen LogP contribution in [0.5, 0.6) is 0 Å². The van der Waals surface area contributed by atoms with Crippen molar-refractivity contribution in [3.05, 3.63) is 94.3 Å². The minimum absolute atomic E-state index is 0.193. The molecule has 1 amide bonds. The van der Waals surface area contributed by atoms with Crippen molar-refractivity contribution < 1.29 is 13.6 Å². The molecule has 0 fully saturated rings. The van der Waals surface area contributed by atoms with Gasteiger partial charge in [-0.1, -0.05) is 57.2 Å². The van der Waals surface area contributed by atoms with Gasteiger partial charge in [0.2, 0.25) is 5.91 Å². The first-order valence-electron chi connectivity index (χ1n) is 10.5. The van der Waals surface area contributed by atoms with E-state index in [4.69, 9.17) is 0 Å². The Hall–Kier alpha value is -3.87. The second-order valence-electron chi connectivity index (χ2n) is 8.83. The Morgan fingerprint density at radius 3 is 2.30 bits per heavy atom. The van der Waals surface area contributed by atoms with E-state index < -0.39 is 23.1 Å². The molecular formula is C26H23F2N3O2. The minimum atomic E-state index is -1.02. The van der Waals surface area contributed by atoms with Gasteiger partial charge in [0.1, 0.15) is 6.54 Å². The van der Waals surface area contributed by atoms with Gasteiger partial charge in [-0.05, 0) is 41.3 Å². The summed E-state index contributed by atoms with van der Waals surface area (Å²) in [5, 5.41) is 8.03. The summed E-state index contributed by atoms with van der Waals surface area (Å²) in [5.74, 6) is -2.42. The van der Waals surface area contributed by atoms with Crippen molar-refractivity contribution in [3.63, 3.8) is 0 Å². The smallest absolute Gasteiger partial charge is 0.275 e. The highest BCUT2D eigenvalue weighted by Gasteiger charge is 2.20. The summed E-state index contributed by atoms with van der Waals surface area (Å²) in [6.45, 7) is 5.79. The zero-order chi connectivity index (χ0) is 23.8. The van der Waals surface area contributed by atoms with Crippen LogP contribution in [-0.2, 0) is 16.8 Å². The molecule has 4 aromatic rings. The molecule has 1 heterocycles. The molecule has 0 saturated carbocycles. The molecule has 0 atom stereocenters. The number of para-hydroxylation sites is 1.